The van der Waals surface area contributed by atoms with Gasteiger partial charge >= 0.3 is 5.97 Å². The molecule has 0 radical (unpaired) electrons. The number of benzene rings is 3. The summed E-state index contributed by atoms with van der Waals surface area (Å²) < 4.78 is 5.31. The molecule has 0 bridgehead atoms. The first-order valence-electron chi connectivity index (χ1n) is 11.0. The van der Waals surface area contributed by atoms with Crippen LogP contribution < -0.4 is 10.1 Å². The molecule has 5 heteroatoms. The SMILES string of the molecule is O=C(CC1CCCc2c(OC(=O)CO)cccc21)NC(c1ccccc1)c1ccccc1. The minimum Gasteiger partial charge on any atom is -0.425 e. The van der Waals surface area contributed by atoms with Gasteiger partial charge in [0.15, 0.2) is 0 Å². The molecule has 32 heavy (non-hydrogen) atoms. The highest BCUT2D eigenvalue weighted by atomic mass is 16.5. The van der Waals surface area contributed by atoms with Crippen LogP contribution in [0.5, 0.6) is 5.75 Å². The molecule has 0 spiro atoms. The lowest BCUT2D eigenvalue weighted by Gasteiger charge is -2.27. The number of carbonyl (C=O) groups excluding carboxylic acids is 2. The Morgan fingerprint density at radius 1 is 0.938 bits per heavy atom. The third kappa shape index (κ3) is 5.06. The number of amides is 1. The molecule has 1 aliphatic rings. The van der Waals surface area contributed by atoms with Crippen molar-refractivity contribution < 1.29 is 19.4 Å². The highest BCUT2D eigenvalue weighted by Crippen LogP contribution is 2.38. The lowest BCUT2D eigenvalue weighted by molar-refractivity contribution is -0.137. The number of carbonyl (C=O) groups is 2. The number of nitrogens with one attached hydrogen (secondary N) is 1. The van der Waals surface area contributed by atoms with Crippen molar-refractivity contribution in [3.8, 4) is 5.75 Å². The Hall–Kier alpha value is -3.44. The molecule has 5 nitrogen and oxygen atoms in total. The summed E-state index contributed by atoms with van der Waals surface area (Å²) in [4.78, 5) is 24.7. The summed E-state index contributed by atoms with van der Waals surface area (Å²) in [6.07, 6.45) is 2.97. The highest BCUT2D eigenvalue weighted by Gasteiger charge is 2.27. The van der Waals surface area contributed by atoms with Gasteiger partial charge in [-0.25, -0.2) is 4.79 Å². The van der Waals surface area contributed by atoms with Crippen LogP contribution in [0.4, 0.5) is 0 Å². The molecule has 0 saturated heterocycles. The second-order valence-electron chi connectivity index (χ2n) is 8.07. The zero-order valence-corrected chi connectivity index (χ0v) is 17.9. The Labute approximate surface area is 188 Å². The fraction of sp³-hybridized carbons (Fsp3) is 0.259. The predicted octanol–water partition coefficient (Wildman–Crippen LogP) is 4.30. The van der Waals surface area contributed by atoms with Crippen LogP contribution in [0.3, 0.4) is 0 Å². The van der Waals surface area contributed by atoms with Crippen LogP contribution in [0.1, 0.15) is 53.5 Å². The molecule has 0 fully saturated rings. The van der Waals surface area contributed by atoms with E-state index in [9.17, 15) is 9.59 Å². The van der Waals surface area contributed by atoms with Gasteiger partial charge in [-0.2, -0.15) is 0 Å². The Balaban J connectivity index is 1.53. The number of hydrogen-bond acceptors (Lipinski definition) is 4. The molecule has 1 aliphatic carbocycles. The Morgan fingerprint density at radius 3 is 2.22 bits per heavy atom. The molecule has 4 rings (SSSR count). The number of aliphatic hydroxyl groups is 1. The number of fused-ring (bicyclic) bond motifs is 1. The molecule has 1 unspecified atom stereocenters. The van der Waals surface area contributed by atoms with Gasteiger partial charge in [0.2, 0.25) is 5.91 Å². The van der Waals surface area contributed by atoms with Crippen LogP contribution in [-0.2, 0) is 16.0 Å². The smallest absolute Gasteiger partial charge is 0.337 e. The molecule has 3 aromatic carbocycles. The van der Waals surface area contributed by atoms with E-state index in [1.807, 2.05) is 72.8 Å². The van der Waals surface area contributed by atoms with Gasteiger partial charge < -0.3 is 15.2 Å². The van der Waals surface area contributed by atoms with Crippen molar-refractivity contribution in [1.29, 1.82) is 0 Å². The minimum atomic E-state index is -0.674. The topological polar surface area (TPSA) is 75.6 Å². The second-order valence-corrected chi connectivity index (χ2v) is 8.07. The van der Waals surface area contributed by atoms with Crippen LogP contribution in [0.25, 0.3) is 0 Å². The van der Waals surface area contributed by atoms with E-state index < -0.39 is 12.6 Å². The fourth-order valence-electron chi connectivity index (χ4n) is 4.47. The normalized spacial score (nSPS) is 15.1. The van der Waals surface area contributed by atoms with Crippen molar-refractivity contribution in [1.82, 2.24) is 5.32 Å². The van der Waals surface area contributed by atoms with E-state index in [2.05, 4.69) is 5.32 Å². The molecule has 1 amide bonds. The summed E-state index contributed by atoms with van der Waals surface area (Å²) in [5.74, 6) is -0.151. The summed E-state index contributed by atoms with van der Waals surface area (Å²) in [6.45, 7) is -0.657. The summed E-state index contributed by atoms with van der Waals surface area (Å²) in [7, 11) is 0. The van der Waals surface area contributed by atoms with Crippen LogP contribution in [0.2, 0.25) is 0 Å². The fourth-order valence-corrected chi connectivity index (χ4v) is 4.47. The third-order valence-corrected chi connectivity index (χ3v) is 5.94. The number of esters is 1. The van der Waals surface area contributed by atoms with E-state index >= 15 is 0 Å². The summed E-state index contributed by atoms with van der Waals surface area (Å²) in [6, 6.07) is 25.3. The van der Waals surface area contributed by atoms with Gasteiger partial charge in [-0.15, -0.1) is 0 Å². The average Bonchev–Trinajstić information content (AvgIpc) is 2.84. The van der Waals surface area contributed by atoms with E-state index in [0.717, 1.165) is 41.5 Å². The number of aliphatic hydroxyl groups excluding tert-OH is 1. The second kappa shape index (κ2) is 10.2. The lowest BCUT2D eigenvalue weighted by atomic mass is 9.80. The molecular formula is C27H27NO4. The molecule has 0 saturated carbocycles. The van der Waals surface area contributed by atoms with E-state index in [1.54, 1.807) is 6.07 Å². The van der Waals surface area contributed by atoms with Crippen LogP contribution in [0, 0.1) is 0 Å². The maximum atomic E-state index is 13.2. The number of hydrogen-bond donors (Lipinski definition) is 2. The molecule has 0 aliphatic heterocycles. The van der Waals surface area contributed by atoms with Crippen molar-refractivity contribution in [2.45, 2.75) is 37.6 Å². The van der Waals surface area contributed by atoms with Gasteiger partial charge in [0.05, 0.1) is 6.04 Å². The van der Waals surface area contributed by atoms with E-state index in [-0.39, 0.29) is 17.9 Å². The van der Waals surface area contributed by atoms with Crippen molar-refractivity contribution in [2.75, 3.05) is 6.61 Å². The van der Waals surface area contributed by atoms with E-state index in [0.29, 0.717) is 12.2 Å². The van der Waals surface area contributed by atoms with Crippen molar-refractivity contribution in [2.24, 2.45) is 0 Å². The Bertz CT molecular complexity index is 1030. The standard InChI is InChI=1S/C27H27NO4/c29-18-26(31)32-24-16-8-14-22-21(13-7-15-23(22)24)17-25(30)28-27(19-9-3-1-4-10-19)20-11-5-2-6-12-20/h1-6,8-12,14,16,21,27,29H,7,13,15,17-18H2,(H,28,30). The summed E-state index contributed by atoms with van der Waals surface area (Å²) in [5, 5.41) is 12.2. The van der Waals surface area contributed by atoms with Crippen LogP contribution >= 0.6 is 0 Å². The van der Waals surface area contributed by atoms with E-state index in [1.165, 1.54) is 0 Å². The van der Waals surface area contributed by atoms with Gasteiger partial charge in [0.1, 0.15) is 12.4 Å². The van der Waals surface area contributed by atoms with Crippen LogP contribution in [-0.4, -0.2) is 23.6 Å². The van der Waals surface area contributed by atoms with Crippen molar-refractivity contribution >= 4 is 11.9 Å². The van der Waals surface area contributed by atoms with E-state index in [4.69, 9.17) is 9.84 Å². The zero-order chi connectivity index (χ0) is 22.3. The van der Waals surface area contributed by atoms with Crippen molar-refractivity contribution in [3.05, 3.63) is 101 Å². The van der Waals surface area contributed by atoms with Gasteiger partial charge in [-0.05, 0) is 53.5 Å². The molecule has 2 N–H and O–H groups in total. The highest BCUT2D eigenvalue weighted by molar-refractivity contribution is 5.78. The zero-order valence-electron chi connectivity index (χ0n) is 17.9. The van der Waals surface area contributed by atoms with Gasteiger partial charge in [-0.1, -0.05) is 72.8 Å². The summed E-state index contributed by atoms with van der Waals surface area (Å²) in [5.41, 5.74) is 4.08. The minimum absolute atomic E-state index is 0.0155. The lowest BCUT2D eigenvalue weighted by Crippen LogP contribution is -2.31. The monoisotopic (exact) mass is 429 g/mol. The molecule has 164 valence electrons. The molecular weight excluding hydrogens is 402 g/mol. The predicted molar refractivity (Wildman–Crippen MR) is 122 cm³/mol. The molecule has 0 aromatic heterocycles. The molecule has 0 heterocycles. The maximum absolute atomic E-state index is 13.2. The first-order chi connectivity index (χ1) is 15.7. The molecule has 3 aromatic rings. The number of rotatable bonds is 7. The largest absolute Gasteiger partial charge is 0.425 e. The third-order valence-electron chi connectivity index (χ3n) is 5.94. The quantitative estimate of drug-likeness (QED) is 0.434. The van der Waals surface area contributed by atoms with Gasteiger partial charge in [0.25, 0.3) is 0 Å². The number of ether oxygens (including phenoxy) is 1. The first-order valence-corrected chi connectivity index (χ1v) is 11.0. The summed E-state index contributed by atoms with van der Waals surface area (Å²) >= 11 is 0. The Kier molecular flexibility index (Phi) is 6.97. The Morgan fingerprint density at radius 2 is 1.59 bits per heavy atom. The van der Waals surface area contributed by atoms with Gasteiger partial charge in [-0.3, -0.25) is 4.79 Å². The first kappa shape index (κ1) is 21.8. The molecule has 1 atom stereocenters. The average molecular weight is 430 g/mol. The van der Waals surface area contributed by atoms with Gasteiger partial charge in [0, 0.05) is 6.42 Å². The van der Waals surface area contributed by atoms with Crippen LogP contribution in [0.15, 0.2) is 78.9 Å². The maximum Gasteiger partial charge on any atom is 0.337 e. The van der Waals surface area contributed by atoms with Crippen molar-refractivity contribution in [3.63, 3.8) is 0 Å².